The smallest absolute Gasteiger partial charge is 0.196 e. The Labute approximate surface area is 184 Å². The van der Waals surface area contributed by atoms with Gasteiger partial charge in [0.2, 0.25) is 0 Å². The average Bonchev–Trinajstić information content (AvgIpc) is 2.79. The minimum atomic E-state index is -0.0780. The van der Waals surface area contributed by atoms with Crippen molar-refractivity contribution in [3.05, 3.63) is 112 Å². The third-order valence-electron chi connectivity index (χ3n) is 5.16. The van der Waals surface area contributed by atoms with E-state index in [0.717, 1.165) is 32.4 Å². The third-order valence-corrected chi connectivity index (χ3v) is 7.32. The molecule has 0 amide bonds. The summed E-state index contributed by atoms with van der Waals surface area (Å²) in [5, 5.41) is 0. The maximum atomic E-state index is 13.7. The molecule has 30 heavy (non-hydrogen) atoms. The molecule has 0 unspecified atom stereocenters. The summed E-state index contributed by atoms with van der Waals surface area (Å²) in [4.78, 5) is 30.8. The van der Waals surface area contributed by atoms with E-state index in [1.165, 1.54) is 11.8 Å². The lowest BCUT2D eigenvalue weighted by atomic mass is 9.84. The normalized spacial score (nSPS) is 14.9. The Kier molecular flexibility index (Phi) is 5.19. The van der Waals surface area contributed by atoms with Crippen LogP contribution in [-0.2, 0) is 0 Å². The Morgan fingerprint density at radius 2 is 1.30 bits per heavy atom. The predicted molar refractivity (Wildman–Crippen MR) is 123 cm³/mol. The minimum Gasteiger partial charge on any atom is -0.289 e. The van der Waals surface area contributed by atoms with E-state index >= 15 is 0 Å². The van der Waals surface area contributed by atoms with Crippen LogP contribution < -0.4 is 0 Å². The predicted octanol–water partition coefficient (Wildman–Crippen LogP) is 6.94. The van der Waals surface area contributed by atoms with E-state index in [2.05, 4.69) is 18.2 Å². The van der Waals surface area contributed by atoms with Crippen LogP contribution in [0.3, 0.4) is 0 Å². The highest BCUT2D eigenvalue weighted by Gasteiger charge is 2.33. The van der Waals surface area contributed by atoms with Gasteiger partial charge in [0.05, 0.1) is 0 Å². The Balaban J connectivity index is 1.60. The van der Waals surface area contributed by atoms with Crippen molar-refractivity contribution in [2.75, 3.05) is 0 Å². The van der Waals surface area contributed by atoms with Gasteiger partial charge in [0.25, 0.3) is 0 Å². The average molecular weight is 427 g/mol. The number of fused-ring (bicyclic) bond motifs is 2. The van der Waals surface area contributed by atoms with Gasteiger partial charge in [0.1, 0.15) is 0 Å². The largest absolute Gasteiger partial charge is 0.289 e. The van der Waals surface area contributed by atoms with E-state index in [9.17, 15) is 9.59 Å². The first kappa shape index (κ1) is 19.2. The number of carbonyl (C=O) groups excluding carboxylic acids is 2. The molecule has 3 aromatic carbocycles. The molecule has 0 saturated heterocycles. The molecule has 0 spiro atoms. The molecule has 0 heterocycles. The van der Waals surface area contributed by atoms with Crippen molar-refractivity contribution in [3.8, 4) is 0 Å². The van der Waals surface area contributed by atoms with Gasteiger partial charge in [-0.1, -0.05) is 84.2 Å². The van der Waals surface area contributed by atoms with Crippen LogP contribution in [0.1, 0.15) is 44.7 Å². The molecular weight excluding hydrogens is 408 g/mol. The van der Waals surface area contributed by atoms with Crippen LogP contribution in [-0.4, -0.2) is 11.6 Å². The maximum absolute atomic E-state index is 13.7. The minimum absolute atomic E-state index is 0.0675. The van der Waals surface area contributed by atoms with Crippen molar-refractivity contribution in [1.82, 2.24) is 0 Å². The van der Waals surface area contributed by atoms with Gasteiger partial charge >= 0.3 is 0 Å². The fraction of sp³-hybridized carbons (Fsp3) is 0.0769. The second-order valence-corrected chi connectivity index (χ2v) is 9.35. The zero-order valence-electron chi connectivity index (χ0n) is 16.1. The standard InChI is InChI=1S/C26H18O2S2/c27-25-19-13-7-15-21(29-17-9-3-1-4-10-17)23(19)26(28)24-20(25)14-8-16-22(24)30-18-11-5-2-6-12-18/h1,3-5,7-16H,2,6H2. The van der Waals surface area contributed by atoms with Gasteiger partial charge in [-0.25, -0.2) is 0 Å². The van der Waals surface area contributed by atoms with Crippen molar-refractivity contribution < 1.29 is 9.59 Å². The Morgan fingerprint density at radius 3 is 1.93 bits per heavy atom. The Bertz CT molecular complexity index is 1220. The second-order valence-electron chi connectivity index (χ2n) is 7.12. The molecule has 0 fully saturated rings. The first-order valence-corrected chi connectivity index (χ1v) is 11.5. The molecule has 146 valence electrons. The van der Waals surface area contributed by atoms with Crippen LogP contribution in [0.5, 0.6) is 0 Å². The number of rotatable bonds is 4. The van der Waals surface area contributed by atoms with Gasteiger partial charge in [-0.3, -0.25) is 9.59 Å². The number of thioether (sulfide) groups is 1. The monoisotopic (exact) mass is 426 g/mol. The fourth-order valence-electron chi connectivity index (χ4n) is 3.76. The fourth-order valence-corrected chi connectivity index (χ4v) is 5.83. The zero-order valence-corrected chi connectivity index (χ0v) is 17.8. The van der Waals surface area contributed by atoms with Crippen LogP contribution in [0.2, 0.25) is 0 Å². The number of ketones is 2. The topological polar surface area (TPSA) is 34.1 Å². The third kappa shape index (κ3) is 3.47. The molecule has 2 nitrogen and oxygen atoms in total. The molecule has 4 heteroatoms. The van der Waals surface area contributed by atoms with Crippen LogP contribution in [0.15, 0.2) is 105 Å². The lowest BCUT2D eigenvalue weighted by molar-refractivity contribution is 0.0974. The lowest BCUT2D eigenvalue weighted by Crippen LogP contribution is -2.22. The quantitative estimate of drug-likeness (QED) is 0.354. The van der Waals surface area contributed by atoms with Crippen molar-refractivity contribution in [2.24, 2.45) is 0 Å². The van der Waals surface area contributed by atoms with E-state index in [1.54, 1.807) is 23.9 Å². The van der Waals surface area contributed by atoms with Gasteiger partial charge in [0, 0.05) is 41.8 Å². The molecular formula is C26H18O2S2. The Morgan fingerprint density at radius 1 is 0.633 bits per heavy atom. The summed E-state index contributed by atoms with van der Waals surface area (Å²) < 4.78 is 0. The molecule has 0 saturated carbocycles. The van der Waals surface area contributed by atoms with Crippen LogP contribution in [0.4, 0.5) is 0 Å². The highest BCUT2D eigenvalue weighted by Crippen LogP contribution is 2.41. The van der Waals surface area contributed by atoms with E-state index in [-0.39, 0.29) is 11.6 Å². The van der Waals surface area contributed by atoms with E-state index < -0.39 is 0 Å². The van der Waals surface area contributed by atoms with Gasteiger partial charge in [-0.05, 0) is 37.1 Å². The van der Waals surface area contributed by atoms with Crippen molar-refractivity contribution >= 4 is 35.1 Å². The zero-order chi connectivity index (χ0) is 20.5. The maximum Gasteiger partial charge on any atom is 0.196 e. The molecule has 0 radical (unpaired) electrons. The second kappa shape index (κ2) is 8.13. The van der Waals surface area contributed by atoms with Crippen LogP contribution in [0, 0.1) is 0 Å². The molecule has 5 rings (SSSR count). The molecule has 2 aliphatic rings. The number of benzene rings is 3. The van der Waals surface area contributed by atoms with Crippen LogP contribution >= 0.6 is 23.5 Å². The summed E-state index contributed by atoms with van der Waals surface area (Å²) in [6, 6.07) is 21.1. The summed E-state index contributed by atoms with van der Waals surface area (Å²) >= 11 is 3.09. The highest BCUT2D eigenvalue weighted by atomic mass is 32.2. The van der Waals surface area contributed by atoms with E-state index in [0.29, 0.717) is 22.3 Å². The highest BCUT2D eigenvalue weighted by molar-refractivity contribution is 8.03. The number of hydrogen-bond acceptors (Lipinski definition) is 4. The van der Waals surface area contributed by atoms with E-state index in [1.807, 2.05) is 54.6 Å². The number of allylic oxidation sites excluding steroid dienone is 3. The molecule has 0 N–H and O–H groups in total. The SMILES string of the molecule is O=C1c2cccc(SC3=CCCC=C3)c2C(=O)c2c(Sc3ccccc3)cccc21. The van der Waals surface area contributed by atoms with Crippen molar-refractivity contribution in [1.29, 1.82) is 0 Å². The molecule has 3 aromatic rings. The summed E-state index contributed by atoms with van der Waals surface area (Å²) in [5.41, 5.74) is 2.04. The van der Waals surface area contributed by atoms with Crippen molar-refractivity contribution in [3.63, 3.8) is 0 Å². The summed E-state index contributed by atoms with van der Waals surface area (Å²) in [5.74, 6) is -0.146. The van der Waals surface area contributed by atoms with Gasteiger partial charge in [0.15, 0.2) is 11.6 Å². The number of carbonyl (C=O) groups is 2. The molecule has 0 aromatic heterocycles. The van der Waals surface area contributed by atoms with Gasteiger partial charge < -0.3 is 0 Å². The van der Waals surface area contributed by atoms with Gasteiger partial charge in [-0.15, -0.1) is 0 Å². The van der Waals surface area contributed by atoms with Crippen molar-refractivity contribution in [2.45, 2.75) is 27.5 Å². The molecule has 0 aliphatic heterocycles. The lowest BCUT2D eigenvalue weighted by Gasteiger charge is -2.22. The van der Waals surface area contributed by atoms with Crippen LogP contribution in [0.25, 0.3) is 0 Å². The molecule has 0 bridgehead atoms. The first-order valence-electron chi connectivity index (χ1n) is 9.85. The molecule has 0 atom stereocenters. The summed E-state index contributed by atoms with van der Waals surface area (Å²) in [7, 11) is 0. The van der Waals surface area contributed by atoms with E-state index in [4.69, 9.17) is 0 Å². The first-order chi connectivity index (χ1) is 14.7. The summed E-state index contributed by atoms with van der Waals surface area (Å²) in [6.45, 7) is 0. The molecule has 2 aliphatic carbocycles. The summed E-state index contributed by atoms with van der Waals surface area (Å²) in [6.07, 6.45) is 8.47. The number of hydrogen-bond donors (Lipinski definition) is 0. The Hall–Kier alpha value is -2.82. The van der Waals surface area contributed by atoms with Gasteiger partial charge in [-0.2, -0.15) is 0 Å².